The van der Waals surface area contributed by atoms with Crippen LogP contribution in [0.25, 0.3) is 43.5 Å². The third kappa shape index (κ3) is 4.10. The number of Topliss-reactive ketones (excluding diaryl/α,β-unsaturated/α-hetero) is 4. The van der Waals surface area contributed by atoms with E-state index in [4.69, 9.17) is 0 Å². The van der Waals surface area contributed by atoms with Crippen LogP contribution in [0.5, 0.6) is 0 Å². The van der Waals surface area contributed by atoms with E-state index < -0.39 is 34.9 Å². The van der Waals surface area contributed by atoms with Crippen molar-refractivity contribution in [2.24, 2.45) is 0 Å². The minimum Gasteiger partial charge on any atom is -0.285 e. The molecule has 212 valence electrons. The smallest absolute Gasteiger partial charge is 0.285 e. The van der Waals surface area contributed by atoms with Crippen molar-refractivity contribution in [3.63, 3.8) is 0 Å². The lowest BCUT2D eigenvalue weighted by molar-refractivity contribution is -0.137. The Kier molecular flexibility index (Phi) is 5.90. The first-order chi connectivity index (χ1) is 20.3. The van der Waals surface area contributed by atoms with E-state index >= 15 is 0 Å². The summed E-state index contributed by atoms with van der Waals surface area (Å²) in [5, 5.41) is 1.96. The molecular weight excluding hydrogens is 593 g/mol. The van der Waals surface area contributed by atoms with Gasteiger partial charge >= 0.3 is 6.18 Å². The minimum atomic E-state index is -4.62. The summed E-state index contributed by atoms with van der Waals surface area (Å²) in [6.07, 6.45) is -1.27. The normalized spacial score (nSPS) is 16.9. The van der Waals surface area contributed by atoms with Crippen molar-refractivity contribution in [3.05, 3.63) is 103 Å². The van der Waals surface area contributed by atoms with Crippen LogP contribution in [-0.4, -0.2) is 23.1 Å². The predicted molar refractivity (Wildman–Crippen MR) is 164 cm³/mol. The van der Waals surface area contributed by atoms with E-state index in [9.17, 15) is 32.3 Å². The molecule has 0 N–H and O–H groups in total. The van der Waals surface area contributed by atoms with E-state index in [1.54, 1.807) is 18.2 Å². The lowest BCUT2D eigenvalue weighted by Crippen LogP contribution is -2.08. The van der Waals surface area contributed by atoms with E-state index in [0.29, 0.717) is 21.6 Å². The Balaban J connectivity index is 1.31. The largest absolute Gasteiger partial charge is 0.416 e. The Morgan fingerprint density at radius 3 is 1.53 bits per heavy atom. The van der Waals surface area contributed by atoms with Gasteiger partial charge in [-0.05, 0) is 96.3 Å². The molecule has 0 aliphatic heterocycles. The van der Waals surface area contributed by atoms with Gasteiger partial charge in [-0.15, -0.1) is 22.7 Å². The SMILES string of the molecule is Cc1ccc2c(c1)C(=O)C(=O)/C2=C\c1cc2c(C)c3sc(/C=C4\C(=O)C(=O)c5cc(C(F)(F)F)ccc54)cc3c(C)c2s1. The van der Waals surface area contributed by atoms with Crippen molar-refractivity contribution in [2.75, 3.05) is 0 Å². The van der Waals surface area contributed by atoms with Crippen molar-refractivity contribution in [3.8, 4) is 0 Å². The molecule has 0 spiro atoms. The molecule has 7 rings (SSSR count). The standard InChI is InChI=1S/C34H19F3O4S2/c1-14-4-6-20-24(8-14)28(38)30(40)26(20)12-18-10-22-15(2)33-23(16(3)32(22)42-18)11-19(43-33)13-27-21-7-5-17(34(35,36)37)9-25(21)29(39)31(27)41/h4-13H,1-3H3/b26-12-,27-13-. The van der Waals surface area contributed by atoms with E-state index in [0.717, 1.165) is 53.9 Å². The molecule has 2 heterocycles. The Bertz CT molecular complexity index is 2170. The third-order valence-electron chi connectivity index (χ3n) is 8.06. The lowest BCUT2D eigenvalue weighted by atomic mass is 10.0. The van der Waals surface area contributed by atoms with Crippen LogP contribution in [0, 0.1) is 20.8 Å². The number of aryl methyl sites for hydroxylation is 3. The summed E-state index contributed by atoms with van der Waals surface area (Å²) in [4.78, 5) is 52.3. The van der Waals surface area contributed by atoms with Gasteiger partial charge in [0.25, 0.3) is 0 Å². The number of fused-ring (bicyclic) bond motifs is 4. The lowest BCUT2D eigenvalue weighted by Gasteiger charge is -2.07. The Hall–Kier alpha value is -4.47. The van der Waals surface area contributed by atoms with Gasteiger partial charge in [-0.3, -0.25) is 19.2 Å². The number of allylic oxidation sites excluding steroid dienone is 2. The summed E-state index contributed by atoms with van der Waals surface area (Å²) in [6, 6.07) is 12.2. The highest BCUT2D eigenvalue weighted by molar-refractivity contribution is 7.22. The van der Waals surface area contributed by atoms with Crippen LogP contribution in [0.2, 0.25) is 0 Å². The number of carbonyl (C=O) groups excluding carboxylic acids is 4. The average Bonchev–Trinajstić information content (AvgIpc) is 3.70. The van der Waals surface area contributed by atoms with Crippen molar-refractivity contribution in [1.82, 2.24) is 0 Å². The summed E-state index contributed by atoms with van der Waals surface area (Å²) < 4.78 is 41.6. The Labute approximate surface area is 250 Å². The average molecular weight is 613 g/mol. The third-order valence-corrected chi connectivity index (χ3v) is 10.5. The minimum absolute atomic E-state index is 0.0811. The first-order valence-electron chi connectivity index (χ1n) is 13.2. The molecular formula is C34H19F3O4S2. The molecule has 0 unspecified atom stereocenters. The van der Waals surface area contributed by atoms with Crippen LogP contribution < -0.4 is 0 Å². The van der Waals surface area contributed by atoms with Crippen LogP contribution in [-0.2, 0) is 15.8 Å². The van der Waals surface area contributed by atoms with Gasteiger partial charge in [0.05, 0.1) is 5.56 Å². The zero-order valence-corrected chi connectivity index (χ0v) is 24.5. The van der Waals surface area contributed by atoms with Gasteiger partial charge in [-0.2, -0.15) is 13.2 Å². The summed E-state index contributed by atoms with van der Waals surface area (Å²) in [6.45, 7) is 5.85. The maximum Gasteiger partial charge on any atom is 0.416 e. The maximum atomic E-state index is 13.2. The molecule has 2 aliphatic rings. The van der Waals surface area contributed by atoms with Crippen LogP contribution >= 0.6 is 22.7 Å². The number of benzene rings is 3. The summed E-state index contributed by atoms with van der Waals surface area (Å²) in [5.74, 6) is -2.77. The molecule has 0 amide bonds. The quantitative estimate of drug-likeness (QED) is 0.148. The molecule has 4 nitrogen and oxygen atoms in total. The number of hydrogen-bond acceptors (Lipinski definition) is 6. The van der Waals surface area contributed by atoms with Gasteiger partial charge in [0, 0.05) is 41.4 Å². The van der Waals surface area contributed by atoms with E-state index in [2.05, 4.69) is 0 Å². The highest BCUT2D eigenvalue weighted by Crippen LogP contribution is 2.44. The van der Waals surface area contributed by atoms with Crippen LogP contribution in [0.15, 0.2) is 48.5 Å². The first kappa shape index (κ1) is 27.4. The summed E-state index contributed by atoms with van der Waals surface area (Å²) in [5.41, 5.74) is 3.44. The molecule has 3 aromatic carbocycles. The second kappa shape index (κ2) is 9.26. The summed E-state index contributed by atoms with van der Waals surface area (Å²) >= 11 is 2.95. The van der Waals surface area contributed by atoms with Crippen LogP contribution in [0.1, 0.15) is 63.9 Å². The van der Waals surface area contributed by atoms with Crippen LogP contribution in [0.4, 0.5) is 13.2 Å². The van der Waals surface area contributed by atoms with Gasteiger partial charge in [0.1, 0.15) is 0 Å². The maximum absolute atomic E-state index is 13.2. The second-order valence-corrected chi connectivity index (χ2v) is 12.9. The van der Waals surface area contributed by atoms with Crippen molar-refractivity contribution < 1.29 is 32.3 Å². The zero-order chi connectivity index (χ0) is 30.5. The molecule has 0 atom stereocenters. The number of halogens is 3. The number of thiophene rings is 2. The van der Waals surface area contributed by atoms with Crippen molar-refractivity contribution >= 4 is 89.3 Å². The molecule has 9 heteroatoms. The molecule has 2 aliphatic carbocycles. The summed E-state index contributed by atoms with van der Waals surface area (Å²) in [7, 11) is 0. The van der Waals surface area contributed by atoms with Gasteiger partial charge in [-0.1, -0.05) is 23.8 Å². The molecule has 0 saturated carbocycles. The fourth-order valence-electron chi connectivity index (χ4n) is 5.85. The Morgan fingerprint density at radius 2 is 1.05 bits per heavy atom. The first-order valence-corrected chi connectivity index (χ1v) is 14.9. The molecule has 0 fully saturated rings. The molecule has 0 bridgehead atoms. The highest BCUT2D eigenvalue weighted by Gasteiger charge is 2.38. The van der Waals surface area contributed by atoms with Crippen molar-refractivity contribution in [1.29, 1.82) is 0 Å². The highest BCUT2D eigenvalue weighted by atomic mass is 32.1. The zero-order valence-electron chi connectivity index (χ0n) is 22.9. The molecule has 5 aromatic rings. The fourth-order valence-corrected chi connectivity index (χ4v) is 8.20. The molecule has 0 saturated heterocycles. The second-order valence-electron chi connectivity index (χ2n) is 10.8. The molecule has 0 radical (unpaired) electrons. The fraction of sp³-hybridized carbons (Fsp3) is 0.118. The number of carbonyl (C=O) groups is 4. The number of ketones is 4. The number of hydrogen-bond donors (Lipinski definition) is 0. The predicted octanol–water partition coefficient (Wildman–Crippen LogP) is 8.67. The van der Waals surface area contributed by atoms with Gasteiger partial charge in [0.15, 0.2) is 0 Å². The molecule has 2 aromatic heterocycles. The molecule has 43 heavy (non-hydrogen) atoms. The van der Waals surface area contributed by atoms with Crippen molar-refractivity contribution in [2.45, 2.75) is 26.9 Å². The van der Waals surface area contributed by atoms with E-state index in [1.807, 2.05) is 45.0 Å². The van der Waals surface area contributed by atoms with Gasteiger partial charge in [0.2, 0.25) is 23.1 Å². The number of alkyl halides is 3. The van der Waals surface area contributed by atoms with Gasteiger partial charge in [-0.25, -0.2) is 0 Å². The Morgan fingerprint density at radius 1 is 0.581 bits per heavy atom. The van der Waals surface area contributed by atoms with Gasteiger partial charge < -0.3 is 0 Å². The monoisotopic (exact) mass is 612 g/mol. The topological polar surface area (TPSA) is 68.3 Å². The van der Waals surface area contributed by atoms with Crippen LogP contribution in [0.3, 0.4) is 0 Å². The van der Waals surface area contributed by atoms with E-state index in [-0.39, 0.29) is 16.7 Å². The number of rotatable bonds is 2. The van der Waals surface area contributed by atoms with E-state index in [1.165, 1.54) is 28.7 Å².